The SMILES string of the molecule is C=CC(=O)Nc1ccc(CC(CN(CC(=O)O)Cc2ccccc2O)N(CC(=O)O)Cc2ccccc2O)cc1. The van der Waals surface area contributed by atoms with Crippen molar-refractivity contribution in [3.05, 3.63) is 102 Å². The summed E-state index contributed by atoms with van der Waals surface area (Å²) in [5.41, 5.74) is 2.46. The second-order valence-electron chi connectivity index (χ2n) is 9.37. The van der Waals surface area contributed by atoms with Crippen molar-refractivity contribution in [3.63, 3.8) is 0 Å². The van der Waals surface area contributed by atoms with Gasteiger partial charge in [-0.15, -0.1) is 0 Å². The monoisotopic (exact) mass is 547 g/mol. The van der Waals surface area contributed by atoms with Crippen LogP contribution < -0.4 is 5.32 Å². The van der Waals surface area contributed by atoms with Crippen LogP contribution in [-0.4, -0.2) is 73.7 Å². The molecule has 40 heavy (non-hydrogen) atoms. The molecular formula is C30H33N3O7. The number of anilines is 1. The Morgan fingerprint density at radius 2 is 1.35 bits per heavy atom. The predicted molar refractivity (Wildman–Crippen MR) is 150 cm³/mol. The van der Waals surface area contributed by atoms with Crippen molar-refractivity contribution in [2.45, 2.75) is 25.6 Å². The van der Waals surface area contributed by atoms with Gasteiger partial charge in [0.25, 0.3) is 0 Å². The molecule has 0 fully saturated rings. The molecule has 1 atom stereocenters. The second-order valence-corrected chi connectivity index (χ2v) is 9.37. The number of amides is 1. The molecule has 0 aliphatic carbocycles. The van der Waals surface area contributed by atoms with Crippen LogP contribution in [0.5, 0.6) is 11.5 Å². The Hall–Kier alpha value is -4.67. The van der Waals surface area contributed by atoms with Crippen molar-refractivity contribution in [2.24, 2.45) is 0 Å². The summed E-state index contributed by atoms with van der Waals surface area (Å²) in [5.74, 6) is -2.44. The first kappa shape index (κ1) is 29.9. The summed E-state index contributed by atoms with van der Waals surface area (Å²) in [6, 6.07) is 19.8. The predicted octanol–water partition coefficient (Wildman–Crippen LogP) is 3.31. The molecule has 0 saturated carbocycles. The molecule has 10 heteroatoms. The molecule has 0 saturated heterocycles. The van der Waals surface area contributed by atoms with Gasteiger partial charge in [-0.2, -0.15) is 0 Å². The Bertz CT molecular complexity index is 1330. The lowest BCUT2D eigenvalue weighted by Crippen LogP contribution is -2.47. The largest absolute Gasteiger partial charge is 0.508 e. The van der Waals surface area contributed by atoms with Gasteiger partial charge in [-0.3, -0.25) is 24.2 Å². The molecule has 3 aromatic carbocycles. The van der Waals surface area contributed by atoms with E-state index in [-0.39, 0.29) is 50.1 Å². The Morgan fingerprint density at radius 3 is 1.88 bits per heavy atom. The third-order valence-electron chi connectivity index (χ3n) is 6.31. The highest BCUT2D eigenvalue weighted by Crippen LogP contribution is 2.23. The van der Waals surface area contributed by atoms with E-state index < -0.39 is 18.0 Å². The van der Waals surface area contributed by atoms with Crippen molar-refractivity contribution < 1.29 is 34.8 Å². The summed E-state index contributed by atoms with van der Waals surface area (Å²) >= 11 is 0. The van der Waals surface area contributed by atoms with E-state index in [0.717, 1.165) is 11.6 Å². The van der Waals surface area contributed by atoms with Crippen LogP contribution in [0.4, 0.5) is 5.69 Å². The molecule has 0 aliphatic rings. The number of rotatable bonds is 15. The van der Waals surface area contributed by atoms with Gasteiger partial charge in [0.1, 0.15) is 11.5 Å². The van der Waals surface area contributed by atoms with E-state index in [1.54, 1.807) is 70.5 Å². The van der Waals surface area contributed by atoms with Crippen molar-refractivity contribution in [1.29, 1.82) is 0 Å². The van der Waals surface area contributed by atoms with Crippen LogP contribution in [0.1, 0.15) is 16.7 Å². The van der Waals surface area contributed by atoms with E-state index in [4.69, 9.17) is 0 Å². The molecule has 3 rings (SSSR count). The van der Waals surface area contributed by atoms with Gasteiger partial charge in [0.15, 0.2) is 0 Å². The lowest BCUT2D eigenvalue weighted by atomic mass is 10.0. The topological polar surface area (TPSA) is 151 Å². The van der Waals surface area contributed by atoms with Gasteiger partial charge in [-0.1, -0.05) is 55.1 Å². The Morgan fingerprint density at radius 1 is 0.800 bits per heavy atom. The summed E-state index contributed by atoms with van der Waals surface area (Å²) in [6.45, 7) is 3.12. The maximum Gasteiger partial charge on any atom is 0.317 e. The lowest BCUT2D eigenvalue weighted by Gasteiger charge is -2.35. The highest BCUT2D eigenvalue weighted by Gasteiger charge is 2.26. The van der Waals surface area contributed by atoms with E-state index in [9.17, 15) is 34.8 Å². The number of carbonyl (C=O) groups is 3. The number of nitrogens with zero attached hydrogens (tertiary/aromatic N) is 2. The van der Waals surface area contributed by atoms with E-state index in [2.05, 4.69) is 11.9 Å². The molecule has 10 nitrogen and oxygen atoms in total. The first-order valence-corrected chi connectivity index (χ1v) is 12.6. The van der Waals surface area contributed by atoms with E-state index in [1.165, 1.54) is 12.1 Å². The van der Waals surface area contributed by atoms with E-state index in [0.29, 0.717) is 23.2 Å². The minimum Gasteiger partial charge on any atom is -0.508 e. The molecule has 3 aromatic rings. The van der Waals surface area contributed by atoms with Crippen molar-refractivity contribution in [2.75, 3.05) is 25.0 Å². The molecular weight excluding hydrogens is 514 g/mol. The third-order valence-corrected chi connectivity index (χ3v) is 6.31. The summed E-state index contributed by atoms with van der Waals surface area (Å²) < 4.78 is 0. The smallest absolute Gasteiger partial charge is 0.317 e. The number of phenolic OH excluding ortho intramolecular Hbond substituents is 2. The number of carboxylic acids is 2. The molecule has 5 N–H and O–H groups in total. The molecule has 0 bridgehead atoms. The quantitative estimate of drug-likeness (QED) is 0.181. The van der Waals surface area contributed by atoms with Crippen LogP contribution in [0.15, 0.2) is 85.5 Å². The molecule has 1 unspecified atom stereocenters. The summed E-state index contributed by atoms with van der Waals surface area (Å²) in [4.78, 5) is 38.7. The number of aromatic hydroxyl groups is 2. The number of hydrogen-bond donors (Lipinski definition) is 5. The zero-order valence-electron chi connectivity index (χ0n) is 21.9. The van der Waals surface area contributed by atoms with Gasteiger partial charge in [0.05, 0.1) is 13.1 Å². The van der Waals surface area contributed by atoms with E-state index in [1.807, 2.05) is 0 Å². The number of carboxylic acid groups (broad SMARTS) is 2. The van der Waals surface area contributed by atoms with Crippen molar-refractivity contribution in [1.82, 2.24) is 9.80 Å². The standard InChI is InChI=1S/C30H33N3O7/c1-2-28(36)31-24-13-11-21(12-14-24)15-25(33(20-30(39)40)17-23-8-4-6-10-27(23)35)18-32(19-29(37)38)16-22-7-3-5-9-26(22)34/h2-14,25,34-35H,1,15-20H2,(H,31,36)(H,37,38)(H,39,40). The number of nitrogens with one attached hydrogen (secondary N) is 1. The van der Waals surface area contributed by atoms with Gasteiger partial charge in [-0.05, 0) is 42.3 Å². The number of hydrogen-bond acceptors (Lipinski definition) is 7. The number of phenols is 2. The number of carbonyl (C=O) groups excluding carboxylic acids is 1. The summed E-state index contributed by atoms with van der Waals surface area (Å²) in [7, 11) is 0. The van der Waals surface area contributed by atoms with Gasteiger partial charge >= 0.3 is 11.9 Å². The zero-order chi connectivity index (χ0) is 29.1. The van der Waals surface area contributed by atoms with Gasteiger partial charge in [0, 0.05) is 42.5 Å². The van der Waals surface area contributed by atoms with Crippen LogP contribution in [0.3, 0.4) is 0 Å². The average molecular weight is 548 g/mol. The molecule has 0 aliphatic heterocycles. The highest BCUT2D eigenvalue weighted by atomic mass is 16.4. The molecule has 0 spiro atoms. The Balaban J connectivity index is 1.95. The average Bonchev–Trinajstić information content (AvgIpc) is 2.90. The lowest BCUT2D eigenvalue weighted by molar-refractivity contribution is -0.141. The van der Waals surface area contributed by atoms with E-state index >= 15 is 0 Å². The summed E-state index contributed by atoms with van der Waals surface area (Å²) in [6.07, 6.45) is 1.50. The molecule has 0 aromatic heterocycles. The third kappa shape index (κ3) is 9.26. The number of para-hydroxylation sites is 2. The fourth-order valence-corrected chi connectivity index (χ4v) is 4.41. The molecule has 210 valence electrons. The van der Waals surface area contributed by atoms with Crippen LogP contribution in [-0.2, 0) is 33.9 Å². The molecule has 0 heterocycles. The highest BCUT2D eigenvalue weighted by molar-refractivity contribution is 5.98. The summed E-state index contributed by atoms with van der Waals surface area (Å²) in [5, 5.41) is 42.7. The minimum atomic E-state index is -1.08. The van der Waals surface area contributed by atoms with Crippen molar-refractivity contribution in [3.8, 4) is 11.5 Å². The van der Waals surface area contributed by atoms with Crippen LogP contribution >= 0.6 is 0 Å². The maximum atomic E-state index is 11.9. The fraction of sp³-hybridized carbons (Fsp3) is 0.233. The van der Waals surface area contributed by atoms with Crippen molar-refractivity contribution >= 4 is 23.5 Å². The first-order chi connectivity index (χ1) is 19.1. The first-order valence-electron chi connectivity index (χ1n) is 12.6. The fourth-order valence-electron chi connectivity index (χ4n) is 4.41. The van der Waals surface area contributed by atoms with Gasteiger partial charge in [0.2, 0.25) is 5.91 Å². The molecule has 1 amide bonds. The van der Waals surface area contributed by atoms with Crippen LogP contribution in [0, 0.1) is 0 Å². The van der Waals surface area contributed by atoms with Crippen LogP contribution in [0.25, 0.3) is 0 Å². The Kier molecular flexibility index (Phi) is 10.8. The minimum absolute atomic E-state index is 0.0237. The maximum absolute atomic E-state index is 11.9. The Labute approximate surface area is 232 Å². The van der Waals surface area contributed by atoms with Gasteiger partial charge < -0.3 is 25.7 Å². The molecule has 0 radical (unpaired) electrons. The normalized spacial score (nSPS) is 11.8. The number of aliphatic carboxylic acids is 2. The van der Waals surface area contributed by atoms with Crippen LogP contribution in [0.2, 0.25) is 0 Å². The zero-order valence-corrected chi connectivity index (χ0v) is 21.9. The number of benzene rings is 3. The second kappa shape index (κ2) is 14.5. The van der Waals surface area contributed by atoms with Gasteiger partial charge in [-0.25, -0.2) is 0 Å².